The Morgan fingerprint density at radius 1 is 1.25 bits per heavy atom. The number of hydrogen-bond acceptors (Lipinski definition) is 3. The van der Waals surface area contributed by atoms with Crippen molar-refractivity contribution in [2.75, 3.05) is 6.54 Å². The van der Waals surface area contributed by atoms with E-state index in [0.29, 0.717) is 25.8 Å². The standard InChI is InChI=1S/C14H20N2O4/c1-2-3-12(13(18)19)16-14(20)15-9-8-10-4-6-11(17)7-5-10/h4-7,12,17H,2-3,8-9H2,1H3,(H,18,19)(H2,15,16,20). The van der Waals surface area contributed by atoms with Crippen LogP contribution < -0.4 is 10.6 Å². The van der Waals surface area contributed by atoms with Crippen molar-refractivity contribution < 1.29 is 19.8 Å². The van der Waals surface area contributed by atoms with Crippen molar-refractivity contribution in [3.05, 3.63) is 29.8 Å². The van der Waals surface area contributed by atoms with Crippen LogP contribution in [0.5, 0.6) is 5.75 Å². The maximum Gasteiger partial charge on any atom is 0.326 e. The molecule has 1 aromatic carbocycles. The van der Waals surface area contributed by atoms with Crippen molar-refractivity contribution in [3.63, 3.8) is 0 Å². The molecule has 6 heteroatoms. The van der Waals surface area contributed by atoms with Crippen LogP contribution in [-0.4, -0.2) is 34.8 Å². The Labute approximate surface area is 117 Å². The van der Waals surface area contributed by atoms with E-state index < -0.39 is 18.0 Å². The number of amides is 2. The number of aliphatic carboxylic acids is 1. The Balaban J connectivity index is 2.32. The number of carboxylic acids is 1. The van der Waals surface area contributed by atoms with Crippen LogP contribution in [0.15, 0.2) is 24.3 Å². The molecule has 0 aliphatic carbocycles. The summed E-state index contributed by atoms with van der Waals surface area (Å²) in [5.74, 6) is -0.830. The first-order valence-corrected chi connectivity index (χ1v) is 6.58. The van der Waals surface area contributed by atoms with Crippen LogP contribution in [0.2, 0.25) is 0 Å². The number of phenols is 1. The summed E-state index contributed by atoms with van der Waals surface area (Å²) in [6.45, 7) is 2.26. The Morgan fingerprint density at radius 2 is 1.90 bits per heavy atom. The molecule has 0 aromatic heterocycles. The number of benzene rings is 1. The van der Waals surface area contributed by atoms with E-state index >= 15 is 0 Å². The molecule has 6 nitrogen and oxygen atoms in total. The molecule has 20 heavy (non-hydrogen) atoms. The molecule has 0 fully saturated rings. The number of carboxylic acid groups (broad SMARTS) is 1. The van der Waals surface area contributed by atoms with Crippen LogP contribution in [0.4, 0.5) is 4.79 Å². The van der Waals surface area contributed by atoms with Gasteiger partial charge in [-0.1, -0.05) is 25.5 Å². The summed E-state index contributed by atoms with van der Waals surface area (Å²) in [6.07, 6.45) is 1.70. The van der Waals surface area contributed by atoms with E-state index in [1.165, 1.54) is 0 Å². The third kappa shape index (κ3) is 5.60. The molecule has 0 aliphatic heterocycles. The van der Waals surface area contributed by atoms with E-state index in [9.17, 15) is 9.59 Å². The van der Waals surface area contributed by atoms with Gasteiger partial charge in [0.2, 0.25) is 0 Å². The first-order chi connectivity index (χ1) is 9.52. The summed E-state index contributed by atoms with van der Waals surface area (Å²) in [5, 5.41) is 23.1. The summed E-state index contributed by atoms with van der Waals surface area (Å²) in [4.78, 5) is 22.4. The van der Waals surface area contributed by atoms with Gasteiger partial charge in [0.05, 0.1) is 0 Å². The van der Waals surface area contributed by atoms with E-state index in [4.69, 9.17) is 10.2 Å². The highest BCUT2D eigenvalue weighted by atomic mass is 16.4. The SMILES string of the molecule is CCCC(NC(=O)NCCc1ccc(O)cc1)C(=O)O. The van der Waals surface area contributed by atoms with Gasteiger partial charge in [-0.15, -0.1) is 0 Å². The molecule has 0 spiro atoms. The number of hydrogen-bond donors (Lipinski definition) is 4. The van der Waals surface area contributed by atoms with Crippen molar-refractivity contribution in [2.24, 2.45) is 0 Å². The van der Waals surface area contributed by atoms with Crippen molar-refractivity contribution in [2.45, 2.75) is 32.2 Å². The summed E-state index contributed by atoms with van der Waals surface area (Å²) < 4.78 is 0. The highest BCUT2D eigenvalue weighted by molar-refractivity contribution is 5.82. The van der Waals surface area contributed by atoms with Crippen LogP contribution in [0.1, 0.15) is 25.3 Å². The largest absolute Gasteiger partial charge is 0.508 e. The van der Waals surface area contributed by atoms with Crippen molar-refractivity contribution >= 4 is 12.0 Å². The molecule has 2 amide bonds. The van der Waals surface area contributed by atoms with Gasteiger partial charge in [-0.25, -0.2) is 9.59 Å². The summed E-state index contributed by atoms with van der Waals surface area (Å²) in [5.41, 5.74) is 0.978. The van der Waals surface area contributed by atoms with E-state index in [0.717, 1.165) is 5.56 Å². The lowest BCUT2D eigenvalue weighted by Gasteiger charge is -2.14. The van der Waals surface area contributed by atoms with Crippen LogP contribution in [0.3, 0.4) is 0 Å². The molecule has 1 aromatic rings. The second kappa shape index (κ2) is 8.04. The fraction of sp³-hybridized carbons (Fsp3) is 0.429. The number of carbonyl (C=O) groups is 2. The first kappa shape index (κ1) is 15.8. The maximum atomic E-state index is 11.6. The van der Waals surface area contributed by atoms with Gasteiger partial charge in [-0.2, -0.15) is 0 Å². The number of nitrogens with one attached hydrogen (secondary N) is 2. The summed E-state index contributed by atoms with van der Waals surface area (Å²) in [7, 11) is 0. The monoisotopic (exact) mass is 280 g/mol. The molecule has 0 bridgehead atoms. The molecule has 0 aliphatic rings. The predicted molar refractivity (Wildman–Crippen MR) is 74.7 cm³/mol. The number of rotatable bonds is 7. The minimum Gasteiger partial charge on any atom is -0.508 e. The molecular formula is C14H20N2O4. The second-order valence-electron chi connectivity index (χ2n) is 4.50. The number of aromatic hydroxyl groups is 1. The fourth-order valence-corrected chi connectivity index (χ4v) is 1.74. The van der Waals surface area contributed by atoms with Gasteiger partial charge < -0.3 is 20.8 Å². The Morgan fingerprint density at radius 3 is 2.45 bits per heavy atom. The molecule has 1 atom stereocenters. The lowest BCUT2D eigenvalue weighted by molar-refractivity contribution is -0.139. The van der Waals surface area contributed by atoms with Gasteiger partial charge in [0.25, 0.3) is 0 Å². The number of urea groups is 1. The quantitative estimate of drug-likeness (QED) is 0.608. The maximum absolute atomic E-state index is 11.6. The summed E-state index contributed by atoms with van der Waals surface area (Å²) in [6, 6.07) is 5.37. The Hall–Kier alpha value is -2.24. The molecular weight excluding hydrogens is 260 g/mol. The lowest BCUT2D eigenvalue weighted by atomic mass is 10.1. The zero-order chi connectivity index (χ0) is 15.0. The van der Waals surface area contributed by atoms with Gasteiger partial charge in [-0.05, 0) is 30.5 Å². The van der Waals surface area contributed by atoms with Crippen molar-refractivity contribution in [1.29, 1.82) is 0 Å². The minimum atomic E-state index is -1.03. The van der Waals surface area contributed by atoms with E-state index in [2.05, 4.69) is 10.6 Å². The summed E-state index contributed by atoms with van der Waals surface area (Å²) >= 11 is 0. The highest BCUT2D eigenvalue weighted by Crippen LogP contribution is 2.09. The van der Waals surface area contributed by atoms with Gasteiger partial charge in [0.15, 0.2) is 0 Å². The topological polar surface area (TPSA) is 98.7 Å². The molecule has 4 N–H and O–H groups in total. The van der Waals surface area contributed by atoms with E-state index in [-0.39, 0.29) is 5.75 Å². The molecule has 0 heterocycles. The Kier molecular flexibility index (Phi) is 6.36. The molecule has 1 unspecified atom stereocenters. The van der Waals surface area contributed by atoms with Crippen LogP contribution >= 0.6 is 0 Å². The highest BCUT2D eigenvalue weighted by Gasteiger charge is 2.18. The molecule has 0 saturated heterocycles. The van der Waals surface area contributed by atoms with Gasteiger partial charge in [-0.3, -0.25) is 0 Å². The lowest BCUT2D eigenvalue weighted by Crippen LogP contribution is -2.46. The van der Waals surface area contributed by atoms with Gasteiger partial charge in [0.1, 0.15) is 11.8 Å². The number of phenolic OH excluding ortho intramolecular Hbond substituents is 1. The molecule has 110 valence electrons. The van der Waals surface area contributed by atoms with E-state index in [1.807, 2.05) is 6.92 Å². The normalized spacial score (nSPS) is 11.7. The third-order valence-electron chi connectivity index (χ3n) is 2.82. The van der Waals surface area contributed by atoms with Crippen LogP contribution in [0.25, 0.3) is 0 Å². The zero-order valence-electron chi connectivity index (χ0n) is 11.4. The van der Waals surface area contributed by atoms with Gasteiger partial charge >= 0.3 is 12.0 Å². The zero-order valence-corrected chi connectivity index (χ0v) is 11.4. The van der Waals surface area contributed by atoms with Crippen molar-refractivity contribution in [3.8, 4) is 5.75 Å². The predicted octanol–water partition coefficient (Wildman–Crippen LogP) is 1.49. The van der Waals surface area contributed by atoms with Crippen LogP contribution in [-0.2, 0) is 11.2 Å². The molecule has 1 rings (SSSR count). The average Bonchev–Trinajstić information content (AvgIpc) is 2.40. The first-order valence-electron chi connectivity index (χ1n) is 6.58. The third-order valence-corrected chi connectivity index (χ3v) is 2.82. The van der Waals surface area contributed by atoms with Gasteiger partial charge in [0, 0.05) is 6.54 Å². The van der Waals surface area contributed by atoms with Crippen molar-refractivity contribution in [1.82, 2.24) is 10.6 Å². The molecule has 0 saturated carbocycles. The smallest absolute Gasteiger partial charge is 0.326 e. The molecule has 0 radical (unpaired) electrons. The Bertz CT molecular complexity index is 445. The second-order valence-corrected chi connectivity index (χ2v) is 4.50. The van der Waals surface area contributed by atoms with E-state index in [1.54, 1.807) is 24.3 Å². The number of carbonyl (C=O) groups excluding carboxylic acids is 1. The van der Waals surface area contributed by atoms with Crippen LogP contribution in [0, 0.1) is 0 Å². The minimum absolute atomic E-state index is 0.198. The fourth-order valence-electron chi connectivity index (χ4n) is 1.74. The average molecular weight is 280 g/mol.